The molecule has 3 N–H and O–H groups in total. The fourth-order valence-corrected chi connectivity index (χ4v) is 2.73. The van der Waals surface area contributed by atoms with E-state index >= 15 is 0 Å². The SMILES string of the molecule is Cc1cccc(NC(=S)N[C@H](NC(=O)c2ccc(Br)o2)C(Cl)(Cl)Cl)c1. The van der Waals surface area contributed by atoms with Gasteiger partial charge in [0, 0.05) is 5.69 Å². The summed E-state index contributed by atoms with van der Waals surface area (Å²) in [6, 6.07) is 10.6. The van der Waals surface area contributed by atoms with Gasteiger partial charge in [0.1, 0.15) is 6.17 Å². The van der Waals surface area contributed by atoms with Gasteiger partial charge in [0.05, 0.1) is 0 Å². The summed E-state index contributed by atoms with van der Waals surface area (Å²) in [7, 11) is 0. The molecule has 1 heterocycles. The van der Waals surface area contributed by atoms with Gasteiger partial charge in [-0.15, -0.1) is 0 Å². The fourth-order valence-electron chi connectivity index (χ4n) is 1.86. The third-order valence-corrected chi connectivity index (χ3v) is 4.25. The number of rotatable bonds is 4. The lowest BCUT2D eigenvalue weighted by atomic mass is 10.2. The molecule has 134 valence electrons. The standard InChI is InChI=1S/C15H13BrCl3N3O2S/c1-8-3-2-4-9(7-8)20-14(25)22-13(15(17,18)19)21-12(23)10-5-6-11(16)24-10/h2-7,13H,1H3,(H,21,23)(H2,20,22,25)/t13-/m0/s1. The Balaban J connectivity index is 2.04. The first kappa shape index (κ1) is 20.3. The van der Waals surface area contributed by atoms with Crippen LogP contribution in [-0.2, 0) is 0 Å². The van der Waals surface area contributed by atoms with Crippen LogP contribution in [-0.4, -0.2) is 21.0 Å². The number of amides is 1. The monoisotopic (exact) mass is 483 g/mol. The number of furan rings is 1. The molecule has 2 rings (SSSR count). The van der Waals surface area contributed by atoms with Gasteiger partial charge in [-0.05, 0) is 64.9 Å². The molecule has 0 spiro atoms. The number of anilines is 1. The van der Waals surface area contributed by atoms with Crippen LogP contribution < -0.4 is 16.0 Å². The van der Waals surface area contributed by atoms with Crippen LogP contribution in [0.4, 0.5) is 5.69 Å². The van der Waals surface area contributed by atoms with E-state index in [0.717, 1.165) is 11.3 Å². The first-order valence-corrected chi connectivity index (χ1v) is 9.26. The predicted octanol–water partition coefficient (Wildman–Crippen LogP) is 4.76. The zero-order valence-corrected chi connectivity index (χ0v) is 17.4. The van der Waals surface area contributed by atoms with E-state index < -0.39 is 15.9 Å². The van der Waals surface area contributed by atoms with Crippen molar-refractivity contribution in [2.75, 3.05) is 5.32 Å². The molecule has 0 saturated heterocycles. The number of carbonyl (C=O) groups is 1. The lowest BCUT2D eigenvalue weighted by Gasteiger charge is -2.27. The van der Waals surface area contributed by atoms with Gasteiger partial charge in [0.15, 0.2) is 15.5 Å². The molecule has 0 aliphatic rings. The Labute approximate surface area is 173 Å². The van der Waals surface area contributed by atoms with E-state index in [9.17, 15) is 4.79 Å². The molecule has 0 fully saturated rings. The van der Waals surface area contributed by atoms with Gasteiger partial charge in [-0.3, -0.25) is 4.79 Å². The van der Waals surface area contributed by atoms with Crippen molar-refractivity contribution in [1.29, 1.82) is 0 Å². The third kappa shape index (κ3) is 6.34. The van der Waals surface area contributed by atoms with Crippen LogP contribution in [0.5, 0.6) is 0 Å². The number of hydrogen-bond acceptors (Lipinski definition) is 3. The maximum atomic E-state index is 12.2. The van der Waals surface area contributed by atoms with Gasteiger partial charge in [0.2, 0.25) is 3.79 Å². The van der Waals surface area contributed by atoms with Gasteiger partial charge in [-0.1, -0.05) is 46.9 Å². The molecule has 2 aromatic rings. The molecule has 0 aliphatic heterocycles. The maximum Gasteiger partial charge on any atom is 0.288 e. The maximum absolute atomic E-state index is 12.2. The second-order valence-corrected chi connectivity index (χ2v) is 8.58. The Bertz CT molecular complexity index is 779. The average molecular weight is 486 g/mol. The van der Waals surface area contributed by atoms with E-state index in [1.165, 1.54) is 6.07 Å². The van der Waals surface area contributed by atoms with Crippen LogP contribution in [0.15, 0.2) is 45.5 Å². The Morgan fingerprint density at radius 2 is 1.96 bits per heavy atom. The highest BCUT2D eigenvalue weighted by Crippen LogP contribution is 2.29. The summed E-state index contributed by atoms with van der Waals surface area (Å²) in [4.78, 5) is 12.2. The van der Waals surface area contributed by atoms with Gasteiger partial charge >= 0.3 is 0 Å². The van der Waals surface area contributed by atoms with E-state index in [1.54, 1.807) is 6.07 Å². The van der Waals surface area contributed by atoms with E-state index in [0.29, 0.717) is 4.67 Å². The van der Waals surface area contributed by atoms with Crippen molar-refractivity contribution in [3.63, 3.8) is 0 Å². The van der Waals surface area contributed by atoms with Crippen LogP contribution in [0.1, 0.15) is 16.1 Å². The second-order valence-electron chi connectivity index (χ2n) is 5.02. The first-order valence-electron chi connectivity index (χ1n) is 6.92. The Kier molecular flexibility index (Phi) is 6.99. The minimum Gasteiger partial charge on any atom is -0.444 e. The van der Waals surface area contributed by atoms with E-state index in [4.69, 9.17) is 51.4 Å². The highest BCUT2D eigenvalue weighted by atomic mass is 79.9. The molecule has 1 aromatic heterocycles. The summed E-state index contributed by atoms with van der Waals surface area (Å²) in [5.74, 6) is -0.502. The largest absolute Gasteiger partial charge is 0.444 e. The van der Waals surface area contributed by atoms with Gasteiger partial charge < -0.3 is 20.4 Å². The second kappa shape index (κ2) is 8.60. The van der Waals surface area contributed by atoms with Crippen molar-refractivity contribution in [3.05, 3.63) is 52.4 Å². The Morgan fingerprint density at radius 1 is 1.24 bits per heavy atom. The zero-order chi connectivity index (χ0) is 18.6. The van der Waals surface area contributed by atoms with E-state index in [-0.39, 0.29) is 10.9 Å². The number of alkyl halides is 3. The van der Waals surface area contributed by atoms with Gasteiger partial charge in [0.25, 0.3) is 5.91 Å². The van der Waals surface area contributed by atoms with Crippen molar-refractivity contribution in [3.8, 4) is 0 Å². The number of hydrogen-bond donors (Lipinski definition) is 3. The quantitative estimate of drug-likeness (QED) is 0.331. The lowest BCUT2D eigenvalue weighted by Crippen LogP contribution is -2.56. The molecule has 5 nitrogen and oxygen atoms in total. The summed E-state index contributed by atoms with van der Waals surface area (Å²) < 4.78 is 3.73. The highest BCUT2D eigenvalue weighted by molar-refractivity contribution is 9.10. The number of halogens is 4. The highest BCUT2D eigenvalue weighted by Gasteiger charge is 2.35. The summed E-state index contributed by atoms with van der Waals surface area (Å²) in [6.07, 6.45) is -1.08. The van der Waals surface area contributed by atoms with Crippen LogP contribution in [0.3, 0.4) is 0 Å². The minimum absolute atomic E-state index is 0.0606. The molecule has 1 aromatic carbocycles. The number of nitrogens with one attached hydrogen (secondary N) is 3. The van der Waals surface area contributed by atoms with Crippen LogP contribution in [0, 0.1) is 6.92 Å². The summed E-state index contributed by atoms with van der Waals surface area (Å²) in [5, 5.41) is 8.45. The van der Waals surface area contributed by atoms with Crippen LogP contribution in [0.2, 0.25) is 0 Å². The minimum atomic E-state index is -1.85. The lowest BCUT2D eigenvalue weighted by molar-refractivity contribution is 0.0905. The normalized spacial score (nSPS) is 12.4. The molecule has 1 atom stereocenters. The Morgan fingerprint density at radius 3 is 2.52 bits per heavy atom. The molecule has 1 amide bonds. The van der Waals surface area contributed by atoms with Crippen molar-refractivity contribution in [1.82, 2.24) is 10.6 Å². The van der Waals surface area contributed by atoms with Crippen LogP contribution in [0.25, 0.3) is 0 Å². The predicted molar refractivity (Wildman–Crippen MR) is 108 cm³/mol. The average Bonchev–Trinajstić information content (AvgIpc) is 2.92. The molecule has 0 radical (unpaired) electrons. The summed E-state index contributed by atoms with van der Waals surface area (Å²) in [6.45, 7) is 1.95. The smallest absolute Gasteiger partial charge is 0.288 e. The number of thiocarbonyl (C=S) groups is 1. The molecular weight excluding hydrogens is 473 g/mol. The molecule has 0 bridgehead atoms. The van der Waals surface area contributed by atoms with Crippen molar-refractivity contribution in [2.24, 2.45) is 0 Å². The van der Waals surface area contributed by atoms with Crippen molar-refractivity contribution < 1.29 is 9.21 Å². The van der Waals surface area contributed by atoms with Crippen molar-refractivity contribution >= 4 is 79.7 Å². The fraction of sp³-hybridized carbons (Fsp3) is 0.200. The molecule has 0 saturated carbocycles. The molecular formula is C15H13BrCl3N3O2S. The Hall–Kier alpha value is -0.990. The van der Waals surface area contributed by atoms with Crippen molar-refractivity contribution in [2.45, 2.75) is 16.9 Å². The first-order chi connectivity index (χ1) is 11.6. The molecule has 0 unspecified atom stereocenters. The third-order valence-electron chi connectivity index (χ3n) is 2.95. The van der Waals surface area contributed by atoms with Gasteiger partial charge in [-0.25, -0.2) is 0 Å². The molecule has 25 heavy (non-hydrogen) atoms. The van der Waals surface area contributed by atoms with Crippen LogP contribution >= 0.6 is 63.0 Å². The van der Waals surface area contributed by atoms with Gasteiger partial charge in [-0.2, -0.15) is 0 Å². The topological polar surface area (TPSA) is 66.3 Å². The van der Waals surface area contributed by atoms with E-state index in [2.05, 4.69) is 31.9 Å². The number of carbonyl (C=O) groups excluding carboxylic acids is 1. The summed E-state index contributed by atoms with van der Waals surface area (Å²) >= 11 is 26.1. The number of aryl methyl sites for hydroxylation is 1. The molecule has 0 aliphatic carbocycles. The number of benzene rings is 1. The zero-order valence-electron chi connectivity index (χ0n) is 12.8. The molecule has 10 heteroatoms. The van der Waals surface area contributed by atoms with E-state index in [1.807, 2.05) is 31.2 Å². The summed E-state index contributed by atoms with van der Waals surface area (Å²) in [5.41, 5.74) is 1.82.